The van der Waals surface area contributed by atoms with Crippen LogP contribution in [-0.4, -0.2) is 16.5 Å². The number of aryl methyl sites for hydroxylation is 1. The first-order valence-electron chi connectivity index (χ1n) is 6.71. The molecule has 1 N–H and O–H groups in total. The van der Waals surface area contributed by atoms with Crippen LogP contribution in [0.25, 0.3) is 0 Å². The highest BCUT2D eigenvalue weighted by Crippen LogP contribution is 2.22. The Labute approximate surface area is 105 Å². The molecule has 1 aromatic rings. The van der Waals surface area contributed by atoms with Crippen LogP contribution in [0.1, 0.15) is 57.5 Å². The van der Waals surface area contributed by atoms with Crippen molar-refractivity contribution in [3.8, 4) is 0 Å². The Morgan fingerprint density at radius 2 is 1.82 bits per heavy atom. The van der Waals surface area contributed by atoms with Crippen LogP contribution in [-0.2, 0) is 0 Å². The molecule has 0 aliphatic rings. The van der Waals surface area contributed by atoms with E-state index in [-0.39, 0.29) is 6.04 Å². The molecule has 2 unspecified atom stereocenters. The van der Waals surface area contributed by atoms with Gasteiger partial charge in [-0.25, -0.2) is 9.97 Å². The lowest BCUT2D eigenvalue weighted by molar-refractivity contribution is 0.349. The lowest BCUT2D eigenvalue weighted by atomic mass is 9.96. The molecule has 2 atom stereocenters. The van der Waals surface area contributed by atoms with E-state index in [4.69, 9.17) is 0 Å². The van der Waals surface area contributed by atoms with E-state index in [9.17, 15) is 0 Å². The number of aromatic nitrogens is 2. The third-order valence-electron chi connectivity index (χ3n) is 3.01. The average Bonchev–Trinajstić information content (AvgIpc) is 2.32. The van der Waals surface area contributed by atoms with Gasteiger partial charge in [-0.05, 0) is 37.8 Å². The smallest absolute Gasteiger partial charge is 0.145 e. The molecule has 1 heterocycles. The Morgan fingerprint density at radius 3 is 2.35 bits per heavy atom. The number of rotatable bonds is 7. The van der Waals surface area contributed by atoms with Crippen molar-refractivity contribution in [3.05, 3.63) is 23.8 Å². The summed E-state index contributed by atoms with van der Waals surface area (Å²) in [5.41, 5.74) is 1.12. The van der Waals surface area contributed by atoms with Crippen molar-refractivity contribution in [1.29, 1.82) is 0 Å². The lowest BCUT2D eigenvalue weighted by Crippen LogP contribution is -2.29. The Hall–Kier alpha value is -0.960. The number of nitrogens with one attached hydrogen (secondary N) is 1. The Bertz CT molecular complexity index is 308. The first-order chi connectivity index (χ1) is 8.19. The van der Waals surface area contributed by atoms with Gasteiger partial charge in [0.05, 0.1) is 6.04 Å². The van der Waals surface area contributed by atoms with Crippen LogP contribution in [0.15, 0.2) is 12.4 Å². The van der Waals surface area contributed by atoms with Crippen molar-refractivity contribution in [3.63, 3.8) is 0 Å². The predicted molar refractivity (Wildman–Crippen MR) is 71.9 cm³/mol. The van der Waals surface area contributed by atoms with Gasteiger partial charge in [0.15, 0.2) is 0 Å². The van der Waals surface area contributed by atoms with Gasteiger partial charge in [0.2, 0.25) is 0 Å². The Morgan fingerprint density at radius 1 is 1.18 bits per heavy atom. The van der Waals surface area contributed by atoms with Gasteiger partial charge in [-0.2, -0.15) is 0 Å². The zero-order valence-electron chi connectivity index (χ0n) is 11.5. The molecule has 96 valence electrons. The number of hydrogen-bond donors (Lipinski definition) is 1. The van der Waals surface area contributed by atoms with Crippen molar-refractivity contribution < 1.29 is 0 Å². The van der Waals surface area contributed by atoms with E-state index in [0.717, 1.165) is 24.4 Å². The maximum absolute atomic E-state index is 4.46. The fourth-order valence-corrected chi connectivity index (χ4v) is 2.03. The molecule has 3 heteroatoms. The highest BCUT2D eigenvalue weighted by atomic mass is 15.0. The summed E-state index contributed by atoms with van der Waals surface area (Å²) in [6.45, 7) is 9.73. The summed E-state index contributed by atoms with van der Waals surface area (Å²) >= 11 is 0. The standard InChI is InChI=1S/C14H25N3/c1-5-7-12(4)13(15-8-6-2)14-16-9-11(3)10-17-14/h9-10,12-13,15H,5-8H2,1-4H3. The van der Waals surface area contributed by atoms with Crippen LogP contribution in [0.5, 0.6) is 0 Å². The quantitative estimate of drug-likeness (QED) is 0.788. The molecule has 0 saturated heterocycles. The molecule has 0 aromatic carbocycles. The second kappa shape index (κ2) is 7.38. The van der Waals surface area contributed by atoms with Crippen molar-refractivity contribution in [2.75, 3.05) is 6.54 Å². The Kier molecular flexibility index (Phi) is 6.12. The molecule has 0 spiro atoms. The molecule has 3 nitrogen and oxygen atoms in total. The molecule has 1 rings (SSSR count). The topological polar surface area (TPSA) is 37.8 Å². The molecule has 17 heavy (non-hydrogen) atoms. The summed E-state index contributed by atoms with van der Waals surface area (Å²) in [6, 6.07) is 0.287. The van der Waals surface area contributed by atoms with E-state index >= 15 is 0 Å². The van der Waals surface area contributed by atoms with Crippen LogP contribution in [0.3, 0.4) is 0 Å². The SMILES string of the molecule is CCCNC(c1ncc(C)cn1)C(C)CCC. The van der Waals surface area contributed by atoms with Crippen LogP contribution in [0, 0.1) is 12.8 Å². The number of hydrogen-bond acceptors (Lipinski definition) is 3. The predicted octanol–water partition coefficient (Wildman–Crippen LogP) is 3.26. The molecular formula is C14H25N3. The van der Waals surface area contributed by atoms with E-state index in [2.05, 4.69) is 36.1 Å². The van der Waals surface area contributed by atoms with Gasteiger partial charge in [0, 0.05) is 12.4 Å². The molecular weight excluding hydrogens is 210 g/mol. The molecule has 1 aromatic heterocycles. The minimum absolute atomic E-state index is 0.287. The van der Waals surface area contributed by atoms with Gasteiger partial charge >= 0.3 is 0 Å². The molecule has 0 bridgehead atoms. The van der Waals surface area contributed by atoms with Gasteiger partial charge < -0.3 is 5.32 Å². The van der Waals surface area contributed by atoms with Crippen molar-refractivity contribution >= 4 is 0 Å². The summed E-state index contributed by atoms with van der Waals surface area (Å²) in [6.07, 6.45) is 7.36. The molecule has 0 saturated carbocycles. The van der Waals surface area contributed by atoms with Gasteiger partial charge in [0.1, 0.15) is 5.82 Å². The fraction of sp³-hybridized carbons (Fsp3) is 0.714. The van der Waals surface area contributed by atoms with E-state index in [0.29, 0.717) is 5.92 Å². The van der Waals surface area contributed by atoms with Crippen molar-refractivity contribution in [1.82, 2.24) is 15.3 Å². The summed E-state index contributed by atoms with van der Waals surface area (Å²) in [4.78, 5) is 8.92. The van der Waals surface area contributed by atoms with E-state index in [1.807, 2.05) is 19.3 Å². The molecule has 0 radical (unpaired) electrons. The summed E-state index contributed by atoms with van der Waals surface area (Å²) < 4.78 is 0. The summed E-state index contributed by atoms with van der Waals surface area (Å²) in [5.74, 6) is 1.51. The monoisotopic (exact) mass is 235 g/mol. The first-order valence-corrected chi connectivity index (χ1v) is 6.71. The van der Waals surface area contributed by atoms with E-state index in [1.165, 1.54) is 12.8 Å². The highest BCUT2D eigenvalue weighted by Gasteiger charge is 2.20. The van der Waals surface area contributed by atoms with Gasteiger partial charge in [0.25, 0.3) is 0 Å². The minimum atomic E-state index is 0.287. The lowest BCUT2D eigenvalue weighted by Gasteiger charge is -2.23. The summed E-state index contributed by atoms with van der Waals surface area (Å²) in [7, 11) is 0. The maximum Gasteiger partial charge on any atom is 0.145 e. The first kappa shape index (κ1) is 14.1. The molecule has 0 fully saturated rings. The van der Waals surface area contributed by atoms with Gasteiger partial charge in [-0.1, -0.05) is 27.2 Å². The third-order valence-corrected chi connectivity index (χ3v) is 3.01. The van der Waals surface area contributed by atoms with Gasteiger partial charge in [-0.3, -0.25) is 0 Å². The zero-order valence-corrected chi connectivity index (χ0v) is 11.5. The minimum Gasteiger partial charge on any atom is -0.307 e. The van der Waals surface area contributed by atoms with E-state index in [1.54, 1.807) is 0 Å². The molecule has 0 amide bonds. The second-order valence-corrected chi connectivity index (χ2v) is 4.82. The average molecular weight is 235 g/mol. The second-order valence-electron chi connectivity index (χ2n) is 4.82. The van der Waals surface area contributed by atoms with E-state index < -0.39 is 0 Å². The molecule has 0 aliphatic carbocycles. The van der Waals surface area contributed by atoms with Crippen LogP contribution < -0.4 is 5.32 Å². The third kappa shape index (κ3) is 4.43. The Balaban J connectivity index is 2.77. The molecule has 0 aliphatic heterocycles. The van der Waals surface area contributed by atoms with Crippen LogP contribution in [0.4, 0.5) is 0 Å². The van der Waals surface area contributed by atoms with Gasteiger partial charge in [-0.15, -0.1) is 0 Å². The normalized spacial score (nSPS) is 14.6. The number of nitrogens with zero attached hydrogens (tertiary/aromatic N) is 2. The van der Waals surface area contributed by atoms with Crippen LogP contribution >= 0.6 is 0 Å². The fourth-order valence-electron chi connectivity index (χ4n) is 2.03. The van der Waals surface area contributed by atoms with Crippen LogP contribution in [0.2, 0.25) is 0 Å². The largest absolute Gasteiger partial charge is 0.307 e. The summed E-state index contributed by atoms with van der Waals surface area (Å²) in [5, 5.41) is 3.56. The zero-order chi connectivity index (χ0) is 12.7. The van der Waals surface area contributed by atoms with Crippen molar-refractivity contribution in [2.24, 2.45) is 5.92 Å². The van der Waals surface area contributed by atoms with Crippen molar-refractivity contribution in [2.45, 2.75) is 53.0 Å². The maximum atomic E-state index is 4.46. The highest BCUT2D eigenvalue weighted by molar-refractivity contribution is 5.05.